The Labute approximate surface area is 205 Å². The lowest BCUT2D eigenvalue weighted by Gasteiger charge is -2.24. The van der Waals surface area contributed by atoms with Crippen molar-refractivity contribution in [3.05, 3.63) is 87.9 Å². The lowest BCUT2D eigenvalue weighted by Crippen LogP contribution is -2.47. The zero-order valence-corrected chi connectivity index (χ0v) is 19.7. The molecular weight excluding hydrogens is 473 g/mol. The number of hydrogen-bond donors (Lipinski definition) is 2. The van der Waals surface area contributed by atoms with Gasteiger partial charge in [-0.3, -0.25) is 14.5 Å². The number of thiophene rings is 1. The SMILES string of the molecule is COCCNC(=O)[C@H]1[C@@H](c2cccc(NC(=O)c3cccs3)c2)OC(=O)N1Cc1ccc(F)cc1. The molecule has 0 bridgehead atoms. The number of rotatable bonds is 9. The van der Waals surface area contributed by atoms with Crippen molar-refractivity contribution in [2.75, 3.05) is 25.6 Å². The Balaban J connectivity index is 1.59. The van der Waals surface area contributed by atoms with Crippen LogP contribution in [0.25, 0.3) is 0 Å². The molecule has 35 heavy (non-hydrogen) atoms. The number of anilines is 1. The molecule has 0 radical (unpaired) electrons. The molecule has 3 aromatic rings. The Morgan fingerprint density at radius 1 is 1.14 bits per heavy atom. The lowest BCUT2D eigenvalue weighted by atomic mass is 10.00. The third kappa shape index (κ3) is 5.84. The monoisotopic (exact) mass is 497 g/mol. The van der Waals surface area contributed by atoms with Gasteiger partial charge >= 0.3 is 6.09 Å². The summed E-state index contributed by atoms with van der Waals surface area (Å²) in [6, 6.07) is 15.1. The number of carbonyl (C=O) groups excluding carboxylic acids is 3. The van der Waals surface area contributed by atoms with Crippen molar-refractivity contribution in [2.24, 2.45) is 0 Å². The first-order valence-corrected chi connectivity index (χ1v) is 11.8. The summed E-state index contributed by atoms with van der Waals surface area (Å²) in [5, 5.41) is 7.41. The molecule has 1 aliphatic rings. The largest absolute Gasteiger partial charge is 0.438 e. The summed E-state index contributed by atoms with van der Waals surface area (Å²) in [6.07, 6.45) is -1.58. The molecule has 1 aromatic heterocycles. The van der Waals surface area contributed by atoms with Crippen molar-refractivity contribution in [3.63, 3.8) is 0 Å². The highest BCUT2D eigenvalue weighted by molar-refractivity contribution is 7.12. The predicted molar refractivity (Wildman–Crippen MR) is 129 cm³/mol. The summed E-state index contributed by atoms with van der Waals surface area (Å²) in [6.45, 7) is 0.626. The third-order valence-electron chi connectivity index (χ3n) is 5.44. The minimum Gasteiger partial charge on any atom is -0.438 e. The van der Waals surface area contributed by atoms with Crippen LogP contribution in [0.15, 0.2) is 66.0 Å². The maximum Gasteiger partial charge on any atom is 0.411 e. The highest BCUT2D eigenvalue weighted by Crippen LogP contribution is 2.35. The minimum absolute atomic E-state index is 0.0623. The van der Waals surface area contributed by atoms with Gasteiger partial charge in [0.1, 0.15) is 5.82 Å². The van der Waals surface area contributed by atoms with Crippen LogP contribution in [0.5, 0.6) is 0 Å². The maximum atomic E-state index is 13.3. The molecule has 1 saturated heterocycles. The lowest BCUT2D eigenvalue weighted by molar-refractivity contribution is -0.126. The van der Waals surface area contributed by atoms with Crippen molar-refractivity contribution >= 4 is 34.9 Å². The average molecular weight is 498 g/mol. The zero-order chi connectivity index (χ0) is 24.8. The molecule has 1 fully saturated rings. The fourth-order valence-electron chi connectivity index (χ4n) is 3.77. The summed E-state index contributed by atoms with van der Waals surface area (Å²) in [5.41, 5.74) is 1.71. The molecule has 8 nitrogen and oxygen atoms in total. The molecule has 2 heterocycles. The molecule has 4 rings (SSSR count). The maximum absolute atomic E-state index is 13.3. The first-order valence-electron chi connectivity index (χ1n) is 10.9. The second-order valence-corrected chi connectivity index (χ2v) is 8.79. The van der Waals surface area contributed by atoms with E-state index in [0.29, 0.717) is 28.3 Å². The van der Waals surface area contributed by atoms with Gasteiger partial charge in [-0.05, 0) is 46.8 Å². The molecule has 1 aliphatic heterocycles. The van der Waals surface area contributed by atoms with Gasteiger partial charge in [-0.1, -0.05) is 30.3 Å². The molecule has 0 spiro atoms. The molecule has 182 valence electrons. The van der Waals surface area contributed by atoms with E-state index < -0.39 is 30.0 Å². The number of nitrogens with zero attached hydrogens (tertiary/aromatic N) is 1. The first kappa shape index (κ1) is 24.4. The Hall–Kier alpha value is -3.76. The van der Waals surface area contributed by atoms with Gasteiger partial charge in [-0.2, -0.15) is 0 Å². The van der Waals surface area contributed by atoms with Crippen LogP contribution in [-0.2, 0) is 20.8 Å². The summed E-state index contributed by atoms with van der Waals surface area (Å²) in [5.74, 6) is -1.06. The van der Waals surface area contributed by atoms with Crippen LogP contribution in [0.1, 0.15) is 26.9 Å². The topological polar surface area (TPSA) is 97.0 Å². The van der Waals surface area contributed by atoms with Crippen LogP contribution >= 0.6 is 11.3 Å². The van der Waals surface area contributed by atoms with E-state index in [-0.39, 0.29) is 19.0 Å². The first-order chi connectivity index (χ1) is 17.0. The van der Waals surface area contributed by atoms with Crippen LogP contribution in [0.4, 0.5) is 14.9 Å². The number of nitrogens with one attached hydrogen (secondary N) is 2. The molecule has 2 aromatic carbocycles. The third-order valence-corrected chi connectivity index (χ3v) is 6.31. The highest BCUT2D eigenvalue weighted by Gasteiger charge is 2.47. The van der Waals surface area contributed by atoms with E-state index in [4.69, 9.17) is 9.47 Å². The van der Waals surface area contributed by atoms with E-state index in [2.05, 4.69) is 10.6 Å². The zero-order valence-electron chi connectivity index (χ0n) is 18.9. The number of ether oxygens (including phenoxy) is 2. The molecule has 10 heteroatoms. The Bertz CT molecular complexity index is 1190. The number of methoxy groups -OCH3 is 1. The van der Waals surface area contributed by atoms with E-state index in [0.717, 1.165) is 0 Å². The quantitative estimate of drug-likeness (QED) is 0.436. The van der Waals surface area contributed by atoms with Crippen LogP contribution in [0, 0.1) is 5.82 Å². The van der Waals surface area contributed by atoms with Gasteiger partial charge in [0.25, 0.3) is 5.91 Å². The number of carbonyl (C=O) groups is 3. The number of hydrogen-bond acceptors (Lipinski definition) is 6. The smallest absolute Gasteiger partial charge is 0.411 e. The number of amides is 3. The summed E-state index contributed by atoms with van der Waals surface area (Å²) >= 11 is 1.32. The fraction of sp³-hybridized carbons (Fsp3) is 0.240. The van der Waals surface area contributed by atoms with Crippen LogP contribution in [-0.4, -0.2) is 49.1 Å². The Morgan fingerprint density at radius 3 is 2.66 bits per heavy atom. The molecule has 2 N–H and O–H groups in total. The van der Waals surface area contributed by atoms with Gasteiger partial charge in [0, 0.05) is 19.3 Å². The summed E-state index contributed by atoms with van der Waals surface area (Å²) < 4.78 is 24.0. The predicted octanol–water partition coefficient (Wildman–Crippen LogP) is 3.96. The van der Waals surface area contributed by atoms with E-state index >= 15 is 0 Å². The standard InChI is InChI=1S/C25H24FN3O5S/c1-33-12-11-27-24(31)21-22(34-25(32)29(21)15-16-7-9-18(26)10-8-16)17-4-2-5-19(14-17)28-23(30)20-6-3-13-35-20/h2-10,13-14,21-22H,11-12,15H2,1H3,(H,27,31)(H,28,30)/t21-,22-/m1/s1. The van der Waals surface area contributed by atoms with Crippen LogP contribution in [0.3, 0.4) is 0 Å². The van der Waals surface area contributed by atoms with E-state index in [1.165, 1.54) is 35.5 Å². The molecule has 0 unspecified atom stereocenters. The van der Waals surface area contributed by atoms with Gasteiger partial charge in [0.05, 0.1) is 18.0 Å². The van der Waals surface area contributed by atoms with E-state index in [1.807, 2.05) is 5.38 Å². The second-order valence-electron chi connectivity index (χ2n) is 7.84. The molecule has 3 amide bonds. The minimum atomic E-state index is -0.979. The van der Waals surface area contributed by atoms with Crippen molar-refractivity contribution in [3.8, 4) is 0 Å². The van der Waals surface area contributed by atoms with Crippen LogP contribution < -0.4 is 10.6 Å². The Morgan fingerprint density at radius 2 is 1.94 bits per heavy atom. The molecule has 0 aliphatic carbocycles. The summed E-state index contributed by atoms with van der Waals surface area (Å²) in [7, 11) is 1.52. The van der Waals surface area contributed by atoms with Gasteiger partial charge in [-0.25, -0.2) is 9.18 Å². The molecule has 2 atom stereocenters. The van der Waals surface area contributed by atoms with Crippen molar-refractivity contribution in [2.45, 2.75) is 18.7 Å². The molecular formula is C25H24FN3O5S. The van der Waals surface area contributed by atoms with Gasteiger partial charge in [-0.15, -0.1) is 11.3 Å². The van der Waals surface area contributed by atoms with Crippen molar-refractivity contribution in [1.29, 1.82) is 0 Å². The van der Waals surface area contributed by atoms with Gasteiger partial charge in [0.2, 0.25) is 5.91 Å². The normalized spacial score (nSPS) is 17.2. The number of halogens is 1. The Kier molecular flexibility index (Phi) is 7.74. The summed E-state index contributed by atoms with van der Waals surface area (Å²) in [4.78, 5) is 40.3. The second kappa shape index (κ2) is 11.1. The van der Waals surface area contributed by atoms with Crippen LogP contribution in [0.2, 0.25) is 0 Å². The van der Waals surface area contributed by atoms with Gasteiger partial charge in [0.15, 0.2) is 12.1 Å². The fourth-order valence-corrected chi connectivity index (χ4v) is 4.39. The average Bonchev–Trinajstić information content (AvgIpc) is 3.50. The number of cyclic esters (lactones) is 1. The van der Waals surface area contributed by atoms with Crippen molar-refractivity contribution in [1.82, 2.24) is 10.2 Å². The van der Waals surface area contributed by atoms with Crippen molar-refractivity contribution < 1.29 is 28.2 Å². The van der Waals surface area contributed by atoms with E-state index in [1.54, 1.807) is 48.5 Å². The number of benzene rings is 2. The van der Waals surface area contributed by atoms with E-state index in [9.17, 15) is 18.8 Å². The highest BCUT2D eigenvalue weighted by atomic mass is 32.1. The van der Waals surface area contributed by atoms with Gasteiger partial charge < -0.3 is 20.1 Å². The molecule has 0 saturated carbocycles.